The van der Waals surface area contributed by atoms with Gasteiger partial charge in [-0.2, -0.15) is 0 Å². The average Bonchev–Trinajstić information content (AvgIpc) is 4.09. The van der Waals surface area contributed by atoms with Crippen LogP contribution in [0.3, 0.4) is 0 Å². The van der Waals surface area contributed by atoms with Crippen LogP contribution in [0.5, 0.6) is 11.5 Å². The zero-order valence-electron chi connectivity index (χ0n) is 31.1. The lowest BCUT2D eigenvalue weighted by atomic mass is 9.86. The fraction of sp³-hybridized carbons (Fsp3) is 0.615. The number of alkyl carbamates (subject to hydrolysis) is 1. The van der Waals surface area contributed by atoms with E-state index in [0.29, 0.717) is 56.4 Å². The summed E-state index contributed by atoms with van der Waals surface area (Å²) in [4.78, 5) is 62.2. The largest absolute Gasteiger partial charge is 0.497 e. The molecule has 1 aromatic heterocycles. The third kappa shape index (κ3) is 6.55. The number of aromatic nitrogens is 1. The highest BCUT2D eigenvalue weighted by molar-refractivity contribution is 7.91. The number of benzene rings is 1. The monoisotopic (exact) mass is 763 g/mol. The minimum absolute atomic E-state index is 0.0722. The number of hydrogen-bond acceptors (Lipinski definition) is 10. The summed E-state index contributed by atoms with van der Waals surface area (Å²) in [5, 5.41) is 6.62. The number of hydrogen-bond donors (Lipinski definition) is 3. The lowest BCUT2D eigenvalue weighted by molar-refractivity contribution is -0.141. The molecule has 4 fully saturated rings. The molecule has 4 amide bonds. The van der Waals surface area contributed by atoms with E-state index in [1.165, 1.54) is 12.0 Å². The van der Waals surface area contributed by atoms with Gasteiger partial charge in [0.05, 0.1) is 36.7 Å². The van der Waals surface area contributed by atoms with Crippen molar-refractivity contribution in [2.75, 3.05) is 20.8 Å². The van der Waals surface area contributed by atoms with Crippen LogP contribution in [0.1, 0.15) is 101 Å². The van der Waals surface area contributed by atoms with E-state index in [4.69, 9.17) is 19.2 Å². The molecule has 8 rings (SSSR count). The Morgan fingerprint density at radius 2 is 1.85 bits per heavy atom. The summed E-state index contributed by atoms with van der Waals surface area (Å²) in [5.74, 6) is -0.562. The van der Waals surface area contributed by atoms with Crippen LogP contribution in [-0.2, 0) is 35.6 Å². The summed E-state index contributed by atoms with van der Waals surface area (Å²) in [7, 11) is -1.12. The lowest BCUT2D eigenvalue weighted by Gasteiger charge is -2.37. The van der Waals surface area contributed by atoms with Gasteiger partial charge in [0, 0.05) is 35.3 Å². The number of aryl methyl sites for hydroxylation is 1. The highest BCUT2D eigenvalue weighted by Crippen LogP contribution is 2.52. The molecule has 3 saturated carbocycles. The molecule has 54 heavy (non-hydrogen) atoms. The van der Waals surface area contributed by atoms with E-state index < -0.39 is 67.7 Å². The number of allylic oxidation sites excluding steroid dienone is 1. The second kappa shape index (κ2) is 13.4. The topological polar surface area (TPSA) is 182 Å². The Hall–Kier alpha value is -4.40. The number of sulfonamides is 1. The molecular formula is C39H49N5O9S. The number of nitrogens with one attached hydrogen (secondary N) is 3. The Morgan fingerprint density at radius 3 is 2.57 bits per heavy atom. The van der Waals surface area contributed by atoms with E-state index in [1.54, 1.807) is 14.0 Å². The highest BCUT2D eigenvalue weighted by atomic mass is 32.2. The van der Waals surface area contributed by atoms with Gasteiger partial charge in [-0.1, -0.05) is 25.0 Å². The number of ether oxygens (including phenoxy) is 3. The van der Waals surface area contributed by atoms with Crippen LogP contribution in [0.4, 0.5) is 4.79 Å². The van der Waals surface area contributed by atoms with Gasteiger partial charge in [-0.25, -0.2) is 18.2 Å². The van der Waals surface area contributed by atoms with Crippen LogP contribution >= 0.6 is 0 Å². The Kier molecular flexibility index (Phi) is 9.08. The Balaban J connectivity index is 1.15. The maximum atomic E-state index is 14.6. The third-order valence-corrected chi connectivity index (χ3v) is 14.6. The van der Waals surface area contributed by atoms with Crippen LogP contribution in [0.15, 0.2) is 30.4 Å². The minimum Gasteiger partial charge on any atom is -0.497 e. The molecule has 1 aromatic carbocycles. The summed E-state index contributed by atoms with van der Waals surface area (Å²) in [6, 6.07) is 3.79. The molecule has 290 valence electrons. The SMILES string of the molecule is COC(=O)N[C@H]1CCCCC/C=C\[C@@H]2C[C@@]2(C(=O)NS(=O)(=O)C2(C)CC2)NC(=O)[C@@H]2C[C@]3(CCc4c(c(C5CC5)nc5cc(OC)ccc45)O3)CN2C1=O. The lowest BCUT2D eigenvalue weighted by Crippen LogP contribution is -2.58. The van der Waals surface area contributed by atoms with Crippen molar-refractivity contribution < 1.29 is 41.8 Å². The quantitative estimate of drug-likeness (QED) is 0.365. The van der Waals surface area contributed by atoms with Crippen molar-refractivity contribution >= 4 is 44.7 Å². The van der Waals surface area contributed by atoms with Gasteiger partial charge in [0.2, 0.25) is 21.8 Å². The zero-order chi connectivity index (χ0) is 38.0. The van der Waals surface area contributed by atoms with E-state index in [0.717, 1.165) is 47.8 Å². The number of rotatable bonds is 6. The summed E-state index contributed by atoms with van der Waals surface area (Å²) in [6.45, 7) is 1.68. The van der Waals surface area contributed by atoms with Crippen LogP contribution < -0.4 is 24.8 Å². The maximum Gasteiger partial charge on any atom is 0.407 e. The van der Waals surface area contributed by atoms with E-state index in [9.17, 15) is 27.6 Å². The van der Waals surface area contributed by atoms with Gasteiger partial charge in [0.25, 0.3) is 5.91 Å². The fourth-order valence-electron chi connectivity index (χ4n) is 8.50. The smallest absolute Gasteiger partial charge is 0.407 e. The predicted molar refractivity (Wildman–Crippen MR) is 197 cm³/mol. The first-order valence-electron chi connectivity index (χ1n) is 19.2. The first kappa shape index (κ1) is 36.6. The number of nitrogens with zero attached hydrogens (tertiary/aromatic N) is 2. The highest BCUT2D eigenvalue weighted by Gasteiger charge is 2.64. The molecule has 6 aliphatic rings. The molecule has 5 atom stereocenters. The first-order chi connectivity index (χ1) is 25.8. The van der Waals surface area contributed by atoms with Gasteiger partial charge in [0.15, 0.2) is 0 Å². The molecule has 1 spiro atoms. The maximum absolute atomic E-state index is 14.6. The second-order valence-electron chi connectivity index (χ2n) is 16.3. The molecule has 4 heterocycles. The zero-order valence-corrected chi connectivity index (χ0v) is 31.9. The molecular weight excluding hydrogens is 715 g/mol. The van der Waals surface area contributed by atoms with E-state index >= 15 is 0 Å². The number of fused-ring (bicyclic) bond motifs is 5. The molecule has 0 radical (unpaired) electrons. The van der Waals surface area contributed by atoms with E-state index in [1.807, 2.05) is 30.4 Å². The van der Waals surface area contributed by atoms with Crippen molar-refractivity contribution in [3.05, 3.63) is 41.6 Å². The number of methoxy groups -OCH3 is 2. The van der Waals surface area contributed by atoms with Gasteiger partial charge >= 0.3 is 6.09 Å². The van der Waals surface area contributed by atoms with Gasteiger partial charge in [-0.15, -0.1) is 0 Å². The molecule has 1 saturated heterocycles. The summed E-state index contributed by atoms with van der Waals surface area (Å²) in [6.07, 6.45) is 10.7. The van der Waals surface area contributed by atoms with Crippen molar-refractivity contribution in [3.8, 4) is 11.5 Å². The molecule has 0 bridgehead atoms. The molecule has 0 unspecified atom stereocenters. The Labute approximate surface area is 315 Å². The van der Waals surface area contributed by atoms with Crippen molar-refractivity contribution in [2.45, 2.75) is 124 Å². The predicted octanol–water partition coefficient (Wildman–Crippen LogP) is 3.90. The van der Waals surface area contributed by atoms with Crippen molar-refractivity contribution in [3.63, 3.8) is 0 Å². The molecule has 15 heteroatoms. The van der Waals surface area contributed by atoms with Crippen LogP contribution in [0, 0.1) is 5.92 Å². The van der Waals surface area contributed by atoms with E-state index in [-0.39, 0.29) is 25.3 Å². The Bertz CT molecular complexity index is 2050. The van der Waals surface area contributed by atoms with Gasteiger partial charge in [-0.05, 0) is 83.3 Å². The molecule has 14 nitrogen and oxygen atoms in total. The summed E-state index contributed by atoms with van der Waals surface area (Å²) in [5.41, 5.74) is 0.274. The number of carbonyl (C=O) groups is 4. The average molecular weight is 764 g/mol. The molecule has 3 aliphatic carbocycles. The van der Waals surface area contributed by atoms with Crippen molar-refractivity contribution in [2.24, 2.45) is 5.92 Å². The van der Waals surface area contributed by atoms with Crippen molar-refractivity contribution in [1.29, 1.82) is 0 Å². The molecule has 2 aromatic rings. The fourth-order valence-corrected chi connectivity index (χ4v) is 9.81. The number of carbonyl (C=O) groups excluding carboxylic acids is 4. The summed E-state index contributed by atoms with van der Waals surface area (Å²) < 4.78 is 45.0. The number of pyridine rings is 1. The standard InChI is InChI=1S/C39H49N5O9S/c1-37(17-18-37)54(49,50)43-35(47)39-20-24(39)9-7-5-4-6-8-10-28(41-36(48)52-3)34(46)44-22-38(21-30(44)33(45)42-39)16-15-27-26-14-13-25(51-2)19-29(26)40-31(23-11-12-23)32(27)53-38/h7,9,13-14,19,23-24,28,30H,4-6,8,10-12,15-18,20-22H2,1-3H3,(H,41,48)(H,42,45)(H,43,47)/b9-7-/t24-,28+,30+,38-,39-/m1/s1. The van der Waals surface area contributed by atoms with E-state index in [2.05, 4.69) is 15.4 Å². The summed E-state index contributed by atoms with van der Waals surface area (Å²) >= 11 is 0. The molecule has 3 aliphatic heterocycles. The number of amides is 4. The third-order valence-electron chi connectivity index (χ3n) is 12.5. The van der Waals surface area contributed by atoms with Crippen LogP contribution in [-0.4, -0.2) is 90.9 Å². The normalized spacial score (nSPS) is 31.0. The first-order valence-corrected chi connectivity index (χ1v) is 20.7. The van der Waals surface area contributed by atoms with Gasteiger partial charge < -0.3 is 29.7 Å². The second-order valence-corrected chi connectivity index (χ2v) is 18.5. The van der Waals surface area contributed by atoms with Crippen LogP contribution in [0.25, 0.3) is 10.9 Å². The minimum atomic E-state index is -3.98. The van der Waals surface area contributed by atoms with Crippen molar-refractivity contribution in [1.82, 2.24) is 25.2 Å². The van der Waals surface area contributed by atoms with Gasteiger partial charge in [0.1, 0.15) is 34.7 Å². The molecule has 3 N–H and O–H groups in total. The Morgan fingerprint density at radius 1 is 1.06 bits per heavy atom. The van der Waals surface area contributed by atoms with Crippen LogP contribution in [0.2, 0.25) is 0 Å². The van der Waals surface area contributed by atoms with Gasteiger partial charge in [-0.3, -0.25) is 19.1 Å².